The number of carbonyl (C=O) groups is 1. The minimum Gasteiger partial charge on any atom is -0.459 e. The molecule has 0 aliphatic carbocycles. The highest BCUT2D eigenvalue weighted by Gasteiger charge is 2.09. The third-order valence-corrected chi connectivity index (χ3v) is 3.22. The third-order valence-electron chi connectivity index (χ3n) is 3.22. The van der Waals surface area contributed by atoms with E-state index in [1.807, 2.05) is 55.5 Å². The molecule has 0 saturated carbocycles. The summed E-state index contributed by atoms with van der Waals surface area (Å²) < 4.78 is 6.81. The van der Waals surface area contributed by atoms with Gasteiger partial charge in [-0.05, 0) is 24.6 Å². The van der Waals surface area contributed by atoms with Crippen molar-refractivity contribution in [1.82, 2.24) is 15.0 Å². The Morgan fingerprint density at radius 3 is 2.71 bits per heavy atom. The molecule has 3 rings (SSSR count). The number of ether oxygens (including phenoxy) is 1. The van der Waals surface area contributed by atoms with Crippen molar-refractivity contribution in [3.8, 4) is 0 Å². The zero-order valence-electron chi connectivity index (χ0n) is 11.7. The van der Waals surface area contributed by atoms with Crippen LogP contribution in [0.25, 0.3) is 11.0 Å². The van der Waals surface area contributed by atoms with Gasteiger partial charge in [-0.15, -0.1) is 5.10 Å². The van der Waals surface area contributed by atoms with E-state index in [4.69, 9.17) is 4.74 Å². The number of rotatable bonds is 4. The number of aryl methyl sites for hydroxylation is 1. The highest BCUT2D eigenvalue weighted by molar-refractivity contribution is 5.76. The second kappa shape index (κ2) is 5.75. The van der Waals surface area contributed by atoms with Crippen LogP contribution in [-0.4, -0.2) is 21.0 Å². The van der Waals surface area contributed by atoms with Crippen LogP contribution in [0.15, 0.2) is 48.5 Å². The summed E-state index contributed by atoms with van der Waals surface area (Å²) in [5.41, 5.74) is 3.74. The Balaban J connectivity index is 1.62. The fourth-order valence-electron chi connectivity index (χ4n) is 2.05. The van der Waals surface area contributed by atoms with Crippen LogP contribution in [0.1, 0.15) is 11.1 Å². The van der Waals surface area contributed by atoms with Crippen LogP contribution in [0.3, 0.4) is 0 Å². The Morgan fingerprint density at radius 1 is 1.14 bits per heavy atom. The van der Waals surface area contributed by atoms with E-state index < -0.39 is 0 Å². The van der Waals surface area contributed by atoms with Crippen molar-refractivity contribution in [2.24, 2.45) is 0 Å². The Kier molecular flexibility index (Phi) is 3.64. The van der Waals surface area contributed by atoms with E-state index in [1.165, 1.54) is 5.56 Å². The molecule has 3 aromatic rings. The fraction of sp³-hybridized carbons (Fsp3) is 0.188. The zero-order chi connectivity index (χ0) is 14.7. The molecule has 0 radical (unpaired) electrons. The first-order chi connectivity index (χ1) is 10.2. The number of esters is 1. The van der Waals surface area contributed by atoms with Crippen molar-refractivity contribution in [2.75, 3.05) is 0 Å². The lowest BCUT2D eigenvalue weighted by Gasteiger charge is -2.05. The number of carbonyl (C=O) groups excluding carboxylic acids is 1. The summed E-state index contributed by atoms with van der Waals surface area (Å²) in [5.74, 6) is -0.328. The van der Waals surface area contributed by atoms with Crippen LogP contribution in [-0.2, 0) is 22.7 Å². The number of benzene rings is 2. The minimum atomic E-state index is -0.328. The van der Waals surface area contributed by atoms with Crippen molar-refractivity contribution in [3.05, 3.63) is 59.7 Å². The van der Waals surface area contributed by atoms with Gasteiger partial charge >= 0.3 is 5.97 Å². The van der Waals surface area contributed by atoms with Crippen molar-refractivity contribution >= 4 is 17.0 Å². The van der Waals surface area contributed by atoms with E-state index in [2.05, 4.69) is 10.3 Å². The average molecular weight is 281 g/mol. The monoisotopic (exact) mass is 281 g/mol. The second-order valence-electron chi connectivity index (χ2n) is 4.88. The maximum absolute atomic E-state index is 11.9. The molecule has 21 heavy (non-hydrogen) atoms. The predicted molar refractivity (Wildman–Crippen MR) is 78.5 cm³/mol. The molecule has 0 atom stereocenters. The number of hydrogen-bond acceptors (Lipinski definition) is 4. The Morgan fingerprint density at radius 2 is 1.90 bits per heavy atom. The van der Waals surface area contributed by atoms with Gasteiger partial charge in [-0.2, -0.15) is 0 Å². The summed E-state index contributed by atoms with van der Waals surface area (Å²) in [4.78, 5) is 11.9. The average Bonchev–Trinajstić information content (AvgIpc) is 2.90. The van der Waals surface area contributed by atoms with Gasteiger partial charge in [0.2, 0.25) is 0 Å². The van der Waals surface area contributed by atoms with E-state index in [0.717, 1.165) is 16.6 Å². The normalized spacial score (nSPS) is 10.7. The summed E-state index contributed by atoms with van der Waals surface area (Å²) in [6.45, 7) is 2.35. The lowest BCUT2D eigenvalue weighted by molar-refractivity contribution is -0.145. The molecule has 106 valence electrons. The fourth-order valence-corrected chi connectivity index (χ4v) is 2.05. The van der Waals surface area contributed by atoms with Gasteiger partial charge in [0, 0.05) is 0 Å². The molecule has 0 bridgehead atoms. The Bertz CT molecular complexity index is 763. The molecule has 0 N–H and O–H groups in total. The van der Waals surface area contributed by atoms with E-state index in [9.17, 15) is 4.79 Å². The summed E-state index contributed by atoms with van der Waals surface area (Å²) in [7, 11) is 0. The van der Waals surface area contributed by atoms with Crippen molar-refractivity contribution in [1.29, 1.82) is 0 Å². The van der Waals surface area contributed by atoms with Gasteiger partial charge in [-0.25, -0.2) is 4.68 Å². The summed E-state index contributed by atoms with van der Waals surface area (Å²) in [6.07, 6.45) is 0. The highest BCUT2D eigenvalue weighted by Crippen LogP contribution is 2.10. The Labute approximate surface area is 122 Å². The molecule has 1 heterocycles. The van der Waals surface area contributed by atoms with Gasteiger partial charge in [-0.3, -0.25) is 4.79 Å². The van der Waals surface area contributed by atoms with Gasteiger partial charge < -0.3 is 4.74 Å². The maximum Gasteiger partial charge on any atom is 0.328 e. The molecule has 0 aliphatic rings. The van der Waals surface area contributed by atoms with Crippen LogP contribution in [0.4, 0.5) is 0 Å². The van der Waals surface area contributed by atoms with Crippen LogP contribution in [0.2, 0.25) is 0 Å². The number of fused-ring (bicyclic) bond motifs is 1. The van der Waals surface area contributed by atoms with Crippen LogP contribution >= 0.6 is 0 Å². The van der Waals surface area contributed by atoms with Crippen molar-refractivity contribution < 1.29 is 9.53 Å². The summed E-state index contributed by atoms with van der Waals surface area (Å²) >= 11 is 0. The number of hydrogen-bond donors (Lipinski definition) is 0. The molecular weight excluding hydrogens is 266 g/mol. The van der Waals surface area contributed by atoms with E-state index in [1.54, 1.807) is 4.68 Å². The molecule has 0 amide bonds. The highest BCUT2D eigenvalue weighted by atomic mass is 16.5. The van der Waals surface area contributed by atoms with Gasteiger partial charge in [0.15, 0.2) is 0 Å². The largest absolute Gasteiger partial charge is 0.459 e. The first-order valence-electron chi connectivity index (χ1n) is 6.72. The SMILES string of the molecule is Cc1ccc(COC(=O)Cn2nnc3ccccc32)cc1. The molecule has 1 aromatic heterocycles. The van der Waals surface area contributed by atoms with Gasteiger partial charge in [0.05, 0.1) is 5.52 Å². The van der Waals surface area contributed by atoms with Gasteiger partial charge in [-0.1, -0.05) is 47.2 Å². The number of para-hydroxylation sites is 1. The Hall–Kier alpha value is -2.69. The summed E-state index contributed by atoms with van der Waals surface area (Å²) in [5, 5.41) is 7.97. The molecule has 0 fully saturated rings. The van der Waals surface area contributed by atoms with Crippen LogP contribution in [0.5, 0.6) is 0 Å². The quantitative estimate of drug-likeness (QED) is 0.689. The molecule has 0 unspecified atom stereocenters. The van der Waals surface area contributed by atoms with E-state index in [0.29, 0.717) is 0 Å². The van der Waals surface area contributed by atoms with Crippen molar-refractivity contribution in [2.45, 2.75) is 20.1 Å². The standard InChI is InChI=1S/C16H15N3O2/c1-12-6-8-13(9-7-12)11-21-16(20)10-19-15-5-3-2-4-14(15)17-18-19/h2-9H,10-11H2,1H3. The molecule has 2 aromatic carbocycles. The maximum atomic E-state index is 11.9. The van der Waals surface area contributed by atoms with E-state index >= 15 is 0 Å². The molecule has 0 spiro atoms. The topological polar surface area (TPSA) is 57.0 Å². The van der Waals surface area contributed by atoms with Gasteiger partial charge in [0.1, 0.15) is 18.7 Å². The first kappa shape index (κ1) is 13.3. The molecule has 0 aliphatic heterocycles. The van der Waals surface area contributed by atoms with E-state index in [-0.39, 0.29) is 19.1 Å². The van der Waals surface area contributed by atoms with Crippen molar-refractivity contribution in [3.63, 3.8) is 0 Å². The molecule has 5 nitrogen and oxygen atoms in total. The second-order valence-corrected chi connectivity index (χ2v) is 4.88. The zero-order valence-corrected chi connectivity index (χ0v) is 11.7. The minimum absolute atomic E-state index is 0.0619. The number of aromatic nitrogens is 3. The first-order valence-corrected chi connectivity index (χ1v) is 6.72. The number of nitrogens with zero attached hydrogens (tertiary/aromatic N) is 3. The van der Waals surface area contributed by atoms with Gasteiger partial charge in [0.25, 0.3) is 0 Å². The molecule has 5 heteroatoms. The predicted octanol–water partition coefficient (Wildman–Crippen LogP) is 2.48. The smallest absolute Gasteiger partial charge is 0.328 e. The third kappa shape index (κ3) is 3.08. The van der Waals surface area contributed by atoms with Crippen LogP contribution < -0.4 is 0 Å². The lowest BCUT2D eigenvalue weighted by Crippen LogP contribution is -2.14. The lowest BCUT2D eigenvalue weighted by atomic mass is 10.2. The molecular formula is C16H15N3O2. The molecule has 0 saturated heterocycles. The summed E-state index contributed by atoms with van der Waals surface area (Å²) in [6, 6.07) is 15.4. The van der Waals surface area contributed by atoms with Crippen LogP contribution in [0, 0.1) is 6.92 Å².